The third-order valence-corrected chi connectivity index (χ3v) is 3.04. The molecule has 1 rings (SSSR count). The minimum absolute atomic E-state index is 0.0796. The number of hydrogen-bond donors (Lipinski definition) is 1. The van der Waals surface area contributed by atoms with Gasteiger partial charge in [0, 0.05) is 32.2 Å². The van der Waals surface area contributed by atoms with Gasteiger partial charge in [-0.1, -0.05) is 6.92 Å². The summed E-state index contributed by atoms with van der Waals surface area (Å²) >= 11 is 0. The molecular weight excluding hydrogens is 230 g/mol. The van der Waals surface area contributed by atoms with E-state index in [0.717, 1.165) is 6.54 Å². The van der Waals surface area contributed by atoms with Crippen LogP contribution >= 0.6 is 0 Å². The second-order valence-corrected chi connectivity index (χ2v) is 6.21. The third kappa shape index (κ3) is 4.29. The molecule has 1 heterocycles. The van der Waals surface area contributed by atoms with Gasteiger partial charge >= 0.3 is 11.8 Å². The van der Waals surface area contributed by atoms with E-state index in [2.05, 4.69) is 33.0 Å². The highest BCUT2D eigenvalue weighted by atomic mass is 16.2. The van der Waals surface area contributed by atoms with E-state index in [-0.39, 0.29) is 11.4 Å². The predicted molar refractivity (Wildman–Crippen MR) is 71.1 cm³/mol. The Kier molecular flexibility index (Phi) is 4.73. The van der Waals surface area contributed by atoms with Gasteiger partial charge < -0.3 is 15.1 Å². The van der Waals surface area contributed by atoms with Crippen molar-refractivity contribution in [2.24, 2.45) is 5.92 Å². The molecule has 0 radical (unpaired) electrons. The van der Waals surface area contributed by atoms with E-state index >= 15 is 0 Å². The lowest BCUT2D eigenvalue weighted by atomic mass is 10.1. The molecule has 1 aliphatic heterocycles. The molecule has 1 atom stereocenters. The molecule has 18 heavy (non-hydrogen) atoms. The fourth-order valence-electron chi connectivity index (χ4n) is 1.87. The first-order valence-electron chi connectivity index (χ1n) is 6.50. The summed E-state index contributed by atoms with van der Waals surface area (Å²) < 4.78 is 0. The minimum atomic E-state index is -0.391. The number of nitrogens with zero attached hydrogens (tertiary/aromatic N) is 2. The Bertz CT molecular complexity index is 323. The van der Waals surface area contributed by atoms with Crippen molar-refractivity contribution in [3.63, 3.8) is 0 Å². The third-order valence-electron chi connectivity index (χ3n) is 3.04. The van der Waals surface area contributed by atoms with Crippen LogP contribution in [0.2, 0.25) is 0 Å². The van der Waals surface area contributed by atoms with Crippen LogP contribution in [0.25, 0.3) is 0 Å². The first kappa shape index (κ1) is 15.0. The summed E-state index contributed by atoms with van der Waals surface area (Å²) in [5.41, 5.74) is 0.0796. The van der Waals surface area contributed by atoms with E-state index in [1.54, 1.807) is 11.9 Å². The molecule has 1 saturated heterocycles. The van der Waals surface area contributed by atoms with E-state index in [0.29, 0.717) is 25.6 Å². The van der Waals surface area contributed by atoms with Gasteiger partial charge in [0.05, 0.1) is 0 Å². The summed E-state index contributed by atoms with van der Waals surface area (Å²) in [6.07, 6.45) is 0. The van der Waals surface area contributed by atoms with Crippen molar-refractivity contribution in [1.82, 2.24) is 15.1 Å². The van der Waals surface area contributed by atoms with Crippen LogP contribution in [-0.2, 0) is 9.59 Å². The topological polar surface area (TPSA) is 52.6 Å². The molecule has 5 heteroatoms. The van der Waals surface area contributed by atoms with Gasteiger partial charge in [-0.3, -0.25) is 9.59 Å². The Morgan fingerprint density at radius 1 is 1.22 bits per heavy atom. The summed E-state index contributed by atoms with van der Waals surface area (Å²) in [5.74, 6) is -0.423. The van der Waals surface area contributed by atoms with Gasteiger partial charge in [-0.2, -0.15) is 0 Å². The number of carbonyl (C=O) groups is 2. The van der Waals surface area contributed by atoms with Gasteiger partial charge in [0.15, 0.2) is 0 Å². The van der Waals surface area contributed by atoms with Crippen LogP contribution in [0.5, 0.6) is 0 Å². The normalized spacial score (nSPS) is 19.4. The van der Waals surface area contributed by atoms with Crippen LogP contribution in [-0.4, -0.2) is 60.4 Å². The number of hydrogen-bond acceptors (Lipinski definition) is 3. The van der Waals surface area contributed by atoms with Crippen molar-refractivity contribution in [3.05, 3.63) is 0 Å². The SMILES string of the molecule is CC(CNC(C)(C)C)CN1CCN(C)C(=O)C1=O. The lowest BCUT2D eigenvalue weighted by molar-refractivity contribution is -0.155. The maximum atomic E-state index is 11.8. The molecule has 1 unspecified atom stereocenters. The maximum absolute atomic E-state index is 11.8. The lowest BCUT2D eigenvalue weighted by Crippen LogP contribution is -2.54. The Morgan fingerprint density at radius 3 is 2.39 bits per heavy atom. The smallest absolute Gasteiger partial charge is 0.312 e. The molecule has 1 aliphatic rings. The highest BCUT2D eigenvalue weighted by Crippen LogP contribution is 2.08. The second-order valence-electron chi connectivity index (χ2n) is 6.21. The number of carbonyl (C=O) groups excluding carboxylic acids is 2. The average Bonchev–Trinajstić information content (AvgIpc) is 2.26. The molecule has 0 aromatic heterocycles. The van der Waals surface area contributed by atoms with Gasteiger partial charge in [0.1, 0.15) is 0 Å². The van der Waals surface area contributed by atoms with Crippen LogP contribution in [0, 0.1) is 5.92 Å². The van der Waals surface area contributed by atoms with Gasteiger partial charge in [-0.25, -0.2) is 0 Å². The molecular formula is C13H25N3O2. The van der Waals surface area contributed by atoms with E-state index in [9.17, 15) is 9.59 Å². The molecule has 5 nitrogen and oxygen atoms in total. The zero-order chi connectivity index (χ0) is 13.9. The van der Waals surface area contributed by atoms with Crippen LogP contribution in [0.1, 0.15) is 27.7 Å². The zero-order valence-corrected chi connectivity index (χ0v) is 12.1. The van der Waals surface area contributed by atoms with Gasteiger partial charge in [-0.15, -0.1) is 0 Å². The summed E-state index contributed by atoms with van der Waals surface area (Å²) in [7, 11) is 1.67. The number of amides is 2. The molecule has 104 valence electrons. The van der Waals surface area contributed by atoms with E-state index < -0.39 is 5.91 Å². The predicted octanol–water partition coefficient (Wildman–Crippen LogP) is 0.311. The summed E-state index contributed by atoms with van der Waals surface area (Å²) in [5, 5.41) is 3.41. The van der Waals surface area contributed by atoms with Crippen LogP contribution < -0.4 is 5.32 Å². The van der Waals surface area contributed by atoms with Crippen LogP contribution in [0.15, 0.2) is 0 Å². The first-order valence-corrected chi connectivity index (χ1v) is 6.50. The van der Waals surface area contributed by atoms with E-state index in [4.69, 9.17) is 0 Å². The highest BCUT2D eigenvalue weighted by molar-refractivity contribution is 6.35. The first-order chi connectivity index (χ1) is 8.20. The summed E-state index contributed by atoms with van der Waals surface area (Å²) in [4.78, 5) is 26.5. The molecule has 0 aromatic rings. The Morgan fingerprint density at radius 2 is 1.83 bits per heavy atom. The lowest BCUT2D eigenvalue weighted by Gasteiger charge is -2.33. The van der Waals surface area contributed by atoms with Gasteiger partial charge in [0.2, 0.25) is 0 Å². The Labute approximate surface area is 110 Å². The molecule has 0 bridgehead atoms. The van der Waals surface area contributed by atoms with Gasteiger partial charge in [0.25, 0.3) is 0 Å². The molecule has 0 aromatic carbocycles. The van der Waals surface area contributed by atoms with Crippen molar-refractivity contribution in [2.45, 2.75) is 33.2 Å². The monoisotopic (exact) mass is 255 g/mol. The highest BCUT2D eigenvalue weighted by Gasteiger charge is 2.30. The van der Waals surface area contributed by atoms with Crippen molar-refractivity contribution in [3.8, 4) is 0 Å². The summed E-state index contributed by atoms with van der Waals surface area (Å²) in [6, 6.07) is 0. The van der Waals surface area contributed by atoms with Crippen LogP contribution in [0.3, 0.4) is 0 Å². The average molecular weight is 255 g/mol. The van der Waals surface area contributed by atoms with Gasteiger partial charge in [-0.05, 0) is 33.2 Å². The number of rotatable bonds is 4. The van der Waals surface area contributed by atoms with Crippen molar-refractivity contribution in [1.29, 1.82) is 0 Å². The van der Waals surface area contributed by atoms with Crippen molar-refractivity contribution >= 4 is 11.8 Å². The molecule has 1 N–H and O–H groups in total. The number of likely N-dealkylation sites (N-methyl/N-ethyl adjacent to an activating group) is 1. The number of nitrogens with one attached hydrogen (secondary N) is 1. The van der Waals surface area contributed by atoms with E-state index in [1.807, 2.05) is 0 Å². The molecule has 2 amide bonds. The molecule has 1 fully saturated rings. The fourth-order valence-corrected chi connectivity index (χ4v) is 1.87. The molecule has 0 spiro atoms. The zero-order valence-electron chi connectivity index (χ0n) is 12.1. The Hall–Kier alpha value is -1.10. The maximum Gasteiger partial charge on any atom is 0.312 e. The Balaban J connectivity index is 2.43. The largest absolute Gasteiger partial charge is 0.336 e. The standard InChI is InChI=1S/C13H25N3O2/c1-10(8-14-13(2,3)4)9-16-7-6-15(5)11(17)12(16)18/h10,14H,6-9H2,1-5H3. The van der Waals surface area contributed by atoms with Crippen molar-refractivity contribution in [2.75, 3.05) is 33.2 Å². The molecule has 0 aliphatic carbocycles. The fraction of sp³-hybridized carbons (Fsp3) is 0.846. The van der Waals surface area contributed by atoms with Crippen LogP contribution in [0.4, 0.5) is 0 Å². The summed E-state index contributed by atoms with van der Waals surface area (Å²) in [6.45, 7) is 11.2. The number of piperazine rings is 1. The molecule has 0 saturated carbocycles. The second kappa shape index (κ2) is 5.69. The van der Waals surface area contributed by atoms with Crippen molar-refractivity contribution < 1.29 is 9.59 Å². The van der Waals surface area contributed by atoms with E-state index in [1.165, 1.54) is 4.90 Å². The minimum Gasteiger partial charge on any atom is -0.336 e. The quantitative estimate of drug-likeness (QED) is 0.736.